The molecular formula is C12H26IN3O2. The number of rotatable bonds is 4. The molecule has 0 amide bonds. The van der Waals surface area contributed by atoms with E-state index in [1.165, 1.54) is 0 Å². The first-order valence-corrected chi connectivity index (χ1v) is 6.08. The zero-order valence-corrected chi connectivity index (χ0v) is 14.2. The van der Waals surface area contributed by atoms with Gasteiger partial charge in [-0.3, -0.25) is 4.99 Å². The van der Waals surface area contributed by atoms with Crippen molar-refractivity contribution >= 4 is 29.9 Å². The number of aliphatic hydroxyl groups is 1. The van der Waals surface area contributed by atoms with Crippen molar-refractivity contribution < 1.29 is 9.84 Å². The SMILES string of the molecule is CN(C)C(=NCC1(CCO)CCOC1)N(C)C.I. The van der Waals surface area contributed by atoms with Crippen molar-refractivity contribution in [3.8, 4) is 0 Å². The minimum atomic E-state index is 0. The van der Waals surface area contributed by atoms with Gasteiger partial charge < -0.3 is 19.6 Å². The molecule has 5 nitrogen and oxygen atoms in total. The van der Waals surface area contributed by atoms with Gasteiger partial charge in [-0.15, -0.1) is 24.0 Å². The van der Waals surface area contributed by atoms with E-state index in [9.17, 15) is 0 Å². The van der Waals surface area contributed by atoms with Crippen LogP contribution in [0.2, 0.25) is 0 Å². The summed E-state index contributed by atoms with van der Waals surface area (Å²) >= 11 is 0. The predicted octanol–water partition coefficient (Wildman–Crippen LogP) is 0.873. The van der Waals surface area contributed by atoms with Crippen molar-refractivity contribution in [1.29, 1.82) is 0 Å². The average molecular weight is 371 g/mol. The van der Waals surface area contributed by atoms with Crippen LogP contribution in [0, 0.1) is 5.41 Å². The Hall–Kier alpha value is -0.0800. The highest BCUT2D eigenvalue weighted by Gasteiger charge is 2.34. The second kappa shape index (κ2) is 8.16. The van der Waals surface area contributed by atoms with Crippen molar-refractivity contribution in [1.82, 2.24) is 9.80 Å². The number of aliphatic imine (C=N–C) groups is 1. The van der Waals surface area contributed by atoms with Gasteiger partial charge in [-0.25, -0.2) is 0 Å². The van der Waals surface area contributed by atoms with E-state index in [2.05, 4.69) is 4.99 Å². The summed E-state index contributed by atoms with van der Waals surface area (Å²) in [4.78, 5) is 8.68. The molecule has 6 heteroatoms. The maximum absolute atomic E-state index is 9.15. The third kappa shape index (κ3) is 4.89. The van der Waals surface area contributed by atoms with Gasteiger partial charge in [0.1, 0.15) is 0 Å². The van der Waals surface area contributed by atoms with Crippen molar-refractivity contribution in [2.45, 2.75) is 12.8 Å². The monoisotopic (exact) mass is 371 g/mol. The maximum Gasteiger partial charge on any atom is 0.195 e. The molecule has 1 aliphatic rings. The summed E-state index contributed by atoms with van der Waals surface area (Å²) in [5, 5.41) is 9.15. The quantitative estimate of drug-likeness (QED) is 0.453. The zero-order chi connectivity index (χ0) is 12.9. The van der Waals surface area contributed by atoms with Gasteiger partial charge in [-0.1, -0.05) is 0 Å². The van der Waals surface area contributed by atoms with Crippen LogP contribution in [0.5, 0.6) is 0 Å². The number of nitrogens with zero attached hydrogens (tertiary/aromatic N) is 3. The molecule has 0 spiro atoms. The molecule has 1 fully saturated rings. The van der Waals surface area contributed by atoms with E-state index >= 15 is 0 Å². The Morgan fingerprint density at radius 3 is 2.28 bits per heavy atom. The number of ether oxygens (including phenoxy) is 1. The Morgan fingerprint density at radius 1 is 1.28 bits per heavy atom. The van der Waals surface area contributed by atoms with Crippen molar-refractivity contribution in [3.63, 3.8) is 0 Å². The molecule has 18 heavy (non-hydrogen) atoms. The predicted molar refractivity (Wildman–Crippen MR) is 84.7 cm³/mol. The first-order chi connectivity index (χ1) is 8.01. The third-order valence-corrected chi connectivity index (χ3v) is 3.18. The lowest BCUT2D eigenvalue weighted by molar-refractivity contribution is 0.130. The minimum absolute atomic E-state index is 0. The van der Waals surface area contributed by atoms with Gasteiger partial charge in [0, 0.05) is 46.8 Å². The van der Waals surface area contributed by atoms with Gasteiger partial charge in [0.2, 0.25) is 0 Å². The van der Waals surface area contributed by atoms with Gasteiger partial charge in [-0.2, -0.15) is 0 Å². The Kier molecular flexibility index (Phi) is 8.13. The van der Waals surface area contributed by atoms with Crippen LogP contribution in [0.4, 0.5) is 0 Å². The molecule has 0 radical (unpaired) electrons. The molecule has 0 aliphatic carbocycles. The van der Waals surface area contributed by atoms with Crippen LogP contribution < -0.4 is 0 Å². The highest BCUT2D eigenvalue weighted by atomic mass is 127. The van der Waals surface area contributed by atoms with Gasteiger partial charge in [0.15, 0.2) is 5.96 Å². The lowest BCUT2D eigenvalue weighted by Gasteiger charge is -2.27. The highest BCUT2D eigenvalue weighted by Crippen LogP contribution is 2.32. The van der Waals surface area contributed by atoms with Crippen LogP contribution in [0.15, 0.2) is 4.99 Å². The van der Waals surface area contributed by atoms with Crippen molar-refractivity contribution in [3.05, 3.63) is 0 Å². The van der Waals surface area contributed by atoms with E-state index in [1.807, 2.05) is 38.0 Å². The number of guanidine groups is 1. The van der Waals surface area contributed by atoms with Crippen LogP contribution in [0.25, 0.3) is 0 Å². The average Bonchev–Trinajstić information content (AvgIpc) is 2.66. The number of hydrogen-bond donors (Lipinski definition) is 1. The molecule has 0 aromatic rings. The summed E-state index contributed by atoms with van der Waals surface area (Å²) in [5.74, 6) is 0.953. The molecule has 1 rings (SSSR count). The first kappa shape index (κ1) is 17.9. The summed E-state index contributed by atoms with van der Waals surface area (Å²) < 4.78 is 5.46. The smallest absolute Gasteiger partial charge is 0.195 e. The lowest BCUT2D eigenvalue weighted by Crippen LogP contribution is -2.37. The van der Waals surface area contributed by atoms with Crippen LogP contribution in [-0.2, 0) is 4.74 Å². The van der Waals surface area contributed by atoms with E-state index in [1.54, 1.807) is 0 Å². The Morgan fingerprint density at radius 2 is 1.89 bits per heavy atom. The molecule has 1 N–H and O–H groups in total. The van der Waals surface area contributed by atoms with E-state index in [0.29, 0.717) is 6.61 Å². The third-order valence-electron chi connectivity index (χ3n) is 3.18. The molecule has 0 aromatic carbocycles. The fourth-order valence-corrected chi connectivity index (χ4v) is 2.21. The normalized spacial score (nSPS) is 22.3. The molecule has 1 saturated heterocycles. The molecular weight excluding hydrogens is 345 g/mol. The van der Waals surface area contributed by atoms with Crippen LogP contribution in [-0.4, -0.2) is 75.4 Å². The summed E-state index contributed by atoms with van der Waals surface area (Å²) in [6.45, 7) is 2.43. The van der Waals surface area contributed by atoms with E-state index in [4.69, 9.17) is 9.84 Å². The fourth-order valence-electron chi connectivity index (χ4n) is 2.21. The summed E-state index contributed by atoms with van der Waals surface area (Å²) in [7, 11) is 7.96. The van der Waals surface area contributed by atoms with Gasteiger partial charge in [0.05, 0.1) is 13.2 Å². The van der Waals surface area contributed by atoms with E-state index < -0.39 is 0 Å². The highest BCUT2D eigenvalue weighted by molar-refractivity contribution is 14.0. The fraction of sp³-hybridized carbons (Fsp3) is 0.917. The molecule has 0 saturated carbocycles. The molecule has 1 atom stereocenters. The second-order valence-corrected chi connectivity index (χ2v) is 5.18. The number of hydrogen-bond acceptors (Lipinski definition) is 3. The summed E-state index contributed by atoms with van der Waals surface area (Å²) in [6, 6.07) is 0. The molecule has 0 bridgehead atoms. The van der Waals surface area contributed by atoms with Gasteiger partial charge in [0.25, 0.3) is 0 Å². The second-order valence-electron chi connectivity index (χ2n) is 5.18. The number of halogens is 1. The Bertz CT molecular complexity index is 254. The van der Waals surface area contributed by atoms with Gasteiger partial charge in [-0.05, 0) is 12.8 Å². The van der Waals surface area contributed by atoms with Crippen LogP contribution in [0.3, 0.4) is 0 Å². The van der Waals surface area contributed by atoms with E-state index in [-0.39, 0.29) is 36.0 Å². The lowest BCUT2D eigenvalue weighted by atomic mass is 9.84. The standard InChI is InChI=1S/C12H25N3O2.HI/c1-14(2)11(15(3)4)13-9-12(5-7-16)6-8-17-10-12;/h16H,5-10H2,1-4H3;1H. The minimum Gasteiger partial charge on any atom is -0.396 e. The summed E-state index contributed by atoms with van der Waals surface area (Å²) in [6.07, 6.45) is 1.76. The molecule has 1 unspecified atom stereocenters. The van der Waals surface area contributed by atoms with Crippen molar-refractivity contribution in [2.24, 2.45) is 10.4 Å². The zero-order valence-electron chi connectivity index (χ0n) is 11.8. The molecule has 0 aromatic heterocycles. The molecule has 108 valence electrons. The first-order valence-electron chi connectivity index (χ1n) is 6.08. The maximum atomic E-state index is 9.15. The largest absolute Gasteiger partial charge is 0.396 e. The summed E-state index contributed by atoms with van der Waals surface area (Å²) in [5.41, 5.74) is 0.0338. The van der Waals surface area contributed by atoms with Crippen LogP contribution in [0.1, 0.15) is 12.8 Å². The van der Waals surface area contributed by atoms with Crippen LogP contribution >= 0.6 is 24.0 Å². The number of aliphatic hydroxyl groups excluding tert-OH is 1. The topological polar surface area (TPSA) is 48.3 Å². The molecule has 1 heterocycles. The van der Waals surface area contributed by atoms with Gasteiger partial charge >= 0.3 is 0 Å². The molecule has 1 aliphatic heterocycles. The Labute approximate surface area is 127 Å². The van der Waals surface area contributed by atoms with E-state index in [0.717, 1.165) is 32.0 Å². The van der Waals surface area contributed by atoms with Crippen molar-refractivity contribution in [2.75, 3.05) is 54.6 Å². The Balaban J connectivity index is 0.00000289.